The van der Waals surface area contributed by atoms with Crippen molar-refractivity contribution in [3.05, 3.63) is 51.2 Å². The number of nitrogens with two attached hydrogens (primary N) is 1. The highest BCUT2D eigenvalue weighted by Crippen LogP contribution is 2.28. The summed E-state index contributed by atoms with van der Waals surface area (Å²) in [5, 5.41) is 2.93. The lowest BCUT2D eigenvalue weighted by Gasteiger charge is -2.09. The lowest BCUT2D eigenvalue weighted by Crippen LogP contribution is -2.21. The molecule has 0 bridgehead atoms. The van der Waals surface area contributed by atoms with Crippen LogP contribution in [0.3, 0.4) is 0 Å². The van der Waals surface area contributed by atoms with Crippen molar-refractivity contribution in [2.45, 2.75) is 0 Å². The van der Waals surface area contributed by atoms with Gasteiger partial charge < -0.3 is 15.8 Å². The molecular weight excluding hydrogens is 365 g/mol. The molecule has 2 rings (SSSR count). The van der Waals surface area contributed by atoms with E-state index in [0.717, 1.165) is 0 Å². The summed E-state index contributed by atoms with van der Waals surface area (Å²) in [4.78, 5) is 27.5. The molecule has 0 aliphatic heterocycles. The summed E-state index contributed by atoms with van der Waals surface area (Å²) in [7, 11) is 0. The molecule has 1 heterocycles. The number of nitrogens with one attached hydrogen (secondary N) is 1. The zero-order chi connectivity index (χ0) is 17.0. The average molecular weight is 375 g/mol. The fraction of sp³-hybridized carbons (Fsp3) is 0.0714. The Kier molecular flexibility index (Phi) is 5.65. The third kappa shape index (κ3) is 4.48. The maximum atomic E-state index is 12.0. The van der Waals surface area contributed by atoms with Crippen LogP contribution in [0, 0.1) is 0 Å². The Morgan fingerprint density at radius 1 is 1.26 bits per heavy atom. The van der Waals surface area contributed by atoms with Crippen LogP contribution in [-0.2, 0) is 9.53 Å². The van der Waals surface area contributed by atoms with E-state index < -0.39 is 18.5 Å². The van der Waals surface area contributed by atoms with Crippen molar-refractivity contribution in [3.63, 3.8) is 0 Å². The summed E-state index contributed by atoms with van der Waals surface area (Å²) >= 11 is 17.4. The number of ether oxygens (including phenoxy) is 1. The Hall–Kier alpha value is -2.02. The third-order valence-corrected chi connectivity index (χ3v) is 3.51. The van der Waals surface area contributed by atoms with Gasteiger partial charge in [-0.1, -0.05) is 34.8 Å². The molecule has 23 heavy (non-hydrogen) atoms. The van der Waals surface area contributed by atoms with E-state index in [-0.39, 0.29) is 26.4 Å². The minimum absolute atomic E-state index is 0.0188. The highest BCUT2D eigenvalue weighted by Gasteiger charge is 2.17. The van der Waals surface area contributed by atoms with Crippen LogP contribution in [0.5, 0.6) is 0 Å². The molecular formula is C14H10Cl3N3O3. The second-order valence-corrected chi connectivity index (χ2v) is 5.52. The molecule has 0 aliphatic carbocycles. The molecule has 0 atom stereocenters. The number of pyridine rings is 1. The van der Waals surface area contributed by atoms with Gasteiger partial charge in [0.2, 0.25) is 0 Å². The van der Waals surface area contributed by atoms with Gasteiger partial charge in [-0.15, -0.1) is 0 Å². The molecule has 0 unspecified atom stereocenters. The molecule has 1 aromatic heterocycles. The van der Waals surface area contributed by atoms with Crippen LogP contribution in [0.15, 0.2) is 30.5 Å². The smallest absolute Gasteiger partial charge is 0.340 e. The number of benzene rings is 1. The molecule has 6 nitrogen and oxygen atoms in total. The van der Waals surface area contributed by atoms with Gasteiger partial charge in [0.25, 0.3) is 5.91 Å². The zero-order valence-electron chi connectivity index (χ0n) is 11.5. The number of aromatic nitrogens is 1. The number of rotatable bonds is 4. The normalized spacial score (nSPS) is 10.2. The van der Waals surface area contributed by atoms with Crippen LogP contribution < -0.4 is 11.1 Å². The fourth-order valence-corrected chi connectivity index (χ4v) is 2.29. The van der Waals surface area contributed by atoms with Crippen molar-refractivity contribution in [1.82, 2.24) is 4.98 Å². The van der Waals surface area contributed by atoms with Gasteiger partial charge in [-0.2, -0.15) is 0 Å². The van der Waals surface area contributed by atoms with Crippen LogP contribution in [0.2, 0.25) is 15.2 Å². The number of hydrogen-bond donors (Lipinski definition) is 2. The molecule has 2 aromatic rings. The second-order valence-electron chi connectivity index (χ2n) is 4.31. The molecule has 0 saturated heterocycles. The lowest BCUT2D eigenvalue weighted by molar-refractivity contribution is -0.119. The first kappa shape index (κ1) is 17.3. The Morgan fingerprint density at radius 2 is 2.00 bits per heavy atom. The quantitative estimate of drug-likeness (QED) is 0.486. The van der Waals surface area contributed by atoms with Crippen molar-refractivity contribution in [2.75, 3.05) is 17.7 Å². The highest BCUT2D eigenvalue weighted by atomic mass is 35.5. The van der Waals surface area contributed by atoms with E-state index in [1.165, 1.54) is 18.3 Å². The number of anilines is 2. The molecule has 0 aliphatic rings. The first-order valence-corrected chi connectivity index (χ1v) is 7.34. The Balaban J connectivity index is 2.00. The summed E-state index contributed by atoms with van der Waals surface area (Å²) in [6.07, 6.45) is 1.48. The van der Waals surface area contributed by atoms with Gasteiger partial charge in [0.15, 0.2) is 11.8 Å². The van der Waals surface area contributed by atoms with Crippen LogP contribution in [-0.4, -0.2) is 23.5 Å². The van der Waals surface area contributed by atoms with E-state index in [1.807, 2.05) is 0 Å². The Bertz CT molecular complexity index is 768. The Labute approximate surface area is 146 Å². The molecule has 9 heteroatoms. The first-order valence-electron chi connectivity index (χ1n) is 6.20. The van der Waals surface area contributed by atoms with Crippen LogP contribution in [0.4, 0.5) is 11.4 Å². The highest BCUT2D eigenvalue weighted by molar-refractivity contribution is 6.37. The molecule has 120 valence electrons. The van der Waals surface area contributed by atoms with Gasteiger partial charge in [0.05, 0.1) is 22.0 Å². The number of nitrogen functional groups attached to an aromatic ring is 1. The van der Waals surface area contributed by atoms with E-state index in [4.69, 9.17) is 45.3 Å². The standard InChI is InChI=1S/C14H10Cl3N3O3/c15-7-4-8(12(18)9(16)5-7)14(22)23-6-11(21)20-10-2-1-3-19-13(10)17/h1-5H,6,18H2,(H,20,21). The van der Waals surface area contributed by atoms with Crippen LogP contribution in [0.25, 0.3) is 0 Å². The average Bonchev–Trinajstić information content (AvgIpc) is 2.50. The number of halogens is 3. The molecule has 0 fully saturated rings. The van der Waals surface area contributed by atoms with E-state index in [1.54, 1.807) is 12.1 Å². The minimum Gasteiger partial charge on any atom is -0.452 e. The summed E-state index contributed by atoms with van der Waals surface area (Å²) < 4.78 is 4.88. The van der Waals surface area contributed by atoms with Crippen LogP contribution >= 0.6 is 34.8 Å². The van der Waals surface area contributed by atoms with Gasteiger partial charge in [-0.3, -0.25) is 4.79 Å². The van der Waals surface area contributed by atoms with Crippen molar-refractivity contribution < 1.29 is 14.3 Å². The van der Waals surface area contributed by atoms with Crippen molar-refractivity contribution in [2.24, 2.45) is 0 Å². The molecule has 0 saturated carbocycles. The van der Waals surface area contributed by atoms with Gasteiger partial charge in [-0.05, 0) is 24.3 Å². The minimum atomic E-state index is -0.820. The number of nitrogens with zero attached hydrogens (tertiary/aromatic N) is 1. The zero-order valence-corrected chi connectivity index (χ0v) is 13.7. The van der Waals surface area contributed by atoms with Crippen molar-refractivity contribution in [1.29, 1.82) is 0 Å². The summed E-state index contributed by atoms with van der Waals surface area (Å²) in [6.45, 7) is -0.534. The van der Waals surface area contributed by atoms with Gasteiger partial charge in [0, 0.05) is 11.2 Å². The predicted molar refractivity (Wildman–Crippen MR) is 89.0 cm³/mol. The third-order valence-electron chi connectivity index (χ3n) is 2.68. The first-order chi connectivity index (χ1) is 10.9. The molecule has 0 spiro atoms. The molecule has 0 radical (unpaired) electrons. The van der Waals surface area contributed by atoms with E-state index in [0.29, 0.717) is 5.69 Å². The largest absolute Gasteiger partial charge is 0.452 e. The number of esters is 1. The second kappa shape index (κ2) is 7.50. The SMILES string of the molecule is Nc1c(Cl)cc(Cl)cc1C(=O)OCC(=O)Nc1cccnc1Cl. The van der Waals surface area contributed by atoms with Gasteiger partial charge >= 0.3 is 5.97 Å². The number of hydrogen-bond acceptors (Lipinski definition) is 5. The van der Waals surface area contributed by atoms with E-state index in [2.05, 4.69) is 10.3 Å². The summed E-state index contributed by atoms with van der Waals surface area (Å²) in [5.74, 6) is -1.40. The van der Waals surface area contributed by atoms with Crippen molar-refractivity contribution in [3.8, 4) is 0 Å². The summed E-state index contributed by atoms with van der Waals surface area (Å²) in [5.41, 5.74) is 6.00. The predicted octanol–water partition coefficient (Wildman–Crippen LogP) is 3.42. The Morgan fingerprint density at radius 3 is 2.70 bits per heavy atom. The lowest BCUT2D eigenvalue weighted by atomic mass is 10.2. The topological polar surface area (TPSA) is 94.3 Å². The maximum absolute atomic E-state index is 12.0. The number of amides is 1. The molecule has 1 amide bonds. The molecule has 3 N–H and O–H groups in total. The van der Waals surface area contributed by atoms with Crippen molar-refractivity contribution >= 4 is 58.1 Å². The monoisotopic (exact) mass is 373 g/mol. The summed E-state index contributed by atoms with van der Waals surface area (Å²) in [6, 6.07) is 5.86. The van der Waals surface area contributed by atoms with Crippen LogP contribution in [0.1, 0.15) is 10.4 Å². The van der Waals surface area contributed by atoms with Gasteiger partial charge in [-0.25, -0.2) is 9.78 Å². The molecule has 1 aromatic carbocycles. The fourth-order valence-electron chi connectivity index (χ4n) is 1.63. The van der Waals surface area contributed by atoms with E-state index in [9.17, 15) is 9.59 Å². The van der Waals surface area contributed by atoms with Gasteiger partial charge in [0.1, 0.15) is 0 Å². The maximum Gasteiger partial charge on any atom is 0.340 e. The van der Waals surface area contributed by atoms with E-state index >= 15 is 0 Å². The number of carbonyl (C=O) groups is 2. The number of carbonyl (C=O) groups excluding carboxylic acids is 2.